The molecule has 1 N–H and O–H groups in total. The lowest BCUT2D eigenvalue weighted by Gasteiger charge is -2.12. The van der Waals surface area contributed by atoms with Crippen molar-refractivity contribution in [2.75, 3.05) is 6.61 Å². The van der Waals surface area contributed by atoms with E-state index < -0.39 is 11.9 Å². The molecule has 0 bridgehead atoms. The minimum Gasteiger partial charge on any atom is -0.481 e. The summed E-state index contributed by atoms with van der Waals surface area (Å²) in [4.78, 5) is 35.2. The fourth-order valence-electron chi connectivity index (χ4n) is 3.72. The molecule has 0 aromatic heterocycles. The summed E-state index contributed by atoms with van der Waals surface area (Å²) in [5, 5.41) is 9.59. The Labute approximate surface area is 205 Å². The standard InChI is InChI=1S/C30H28O5/c1-22(31)35-20-6-10-24-12-14-25(15-13-24)26-16-18-27(19-17-26)29(32)21-28(30(33)34)11-5-9-23-7-3-2-4-8-23/h2-4,7-8,12-19,28H,5,9,11,20-21H2,1H3,(H,33,34). The van der Waals surface area contributed by atoms with Crippen LogP contribution in [-0.2, 0) is 20.7 Å². The maximum absolute atomic E-state index is 12.7. The molecule has 0 aliphatic carbocycles. The Morgan fingerprint density at radius 1 is 0.886 bits per heavy atom. The quantitative estimate of drug-likeness (QED) is 0.239. The number of aryl methyl sites for hydroxylation is 1. The second kappa shape index (κ2) is 12.9. The minimum atomic E-state index is -0.931. The van der Waals surface area contributed by atoms with Crippen LogP contribution in [0.1, 0.15) is 47.7 Å². The van der Waals surface area contributed by atoms with Gasteiger partial charge in [0.05, 0.1) is 5.92 Å². The second-order valence-electron chi connectivity index (χ2n) is 8.28. The highest BCUT2D eigenvalue weighted by Crippen LogP contribution is 2.22. The number of carboxylic acid groups (broad SMARTS) is 1. The number of ether oxygens (including phenoxy) is 1. The average molecular weight is 469 g/mol. The number of carbonyl (C=O) groups is 3. The molecule has 0 saturated carbocycles. The Kier molecular flexibility index (Phi) is 9.39. The number of Topliss-reactive ketones (excluding diaryl/α,β-unsaturated/α-hetero) is 1. The molecule has 0 radical (unpaired) electrons. The van der Waals surface area contributed by atoms with Crippen LogP contribution in [0.5, 0.6) is 0 Å². The number of aliphatic carboxylic acids is 1. The zero-order valence-corrected chi connectivity index (χ0v) is 19.7. The molecule has 3 rings (SSSR count). The van der Waals surface area contributed by atoms with E-state index in [1.165, 1.54) is 12.5 Å². The molecule has 0 amide bonds. The van der Waals surface area contributed by atoms with Gasteiger partial charge in [-0.3, -0.25) is 14.4 Å². The average Bonchev–Trinajstić information content (AvgIpc) is 2.87. The largest absolute Gasteiger partial charge is 0.481 e. The highest BCUT2D eigenvalue weighted by Gasteiger charge is 2.21. The van der Waals surface area contributed by atoms with Crippen LogP contribution >= 0.6 is 0 Å². The van der Waals surface area contributed by atoms with Crippen molar-refractivity contribution in [3.63, 3.8) is 0 Å². The molecule has 5 heteroatoms. The lowest BCUT2D eigenvalue weighted by atomic mass is 9.92. The van der Waals surface area contributed by atoms with Crippen LogP contribution < -0.4 is 0 Å². The normalized spacial score (nSPS) is 11.1. The smallest absolute Gasteiger partial charge is 0.306 e. The number of hydrogen-bond donors (Lipinski definition) is 1. The summed E-state index contributed by atoms with van der Waals surface area (Å²) in [6.45, 7) is 1.40. The van der Waals surface area contributed by atoms with Crippen molar-refractivity contribution in [3.8, 4) is 23.0 Å². The molecular formula is C30H28O5. The molecule has 0 aliphatic heterocycles. The molecule has 1 unspecified atom stereocenters. The summed E-state index contributed by atoms with van der Waals surface area (Å²) in [5.41, 5.74) is 4.40. The summed E-state index contributed by atoms with van der Waals surface area (Å²) < 4.78 is 4.79. The molecule has 0 saturated heterocycles. The molecule has 1 atom stereocenters. The van der Waals surface area contributed by atoms with E-state index in [1.54, 1.807) is 12.1 Å². The van der Waals surface area contributed by atoms with Gasteiger partial charge in [0.1, 0.15) is 0 Å². The van der Waals surface area contributed by atoms with Crippen molar-refractivity contribution in [2.24, 2.45) is 5.92 Å². The molecule has 3 aromatic carbocycles. The summed E-state index contributed by atoms with van der Waals surface area (Å²) in [6.07, 6.45) is 1.97. The summed E-state index contributed by atoms with van der Waals surface area (Å²) in [6, 6.07) is 24.8. The maximum Gasteiger partial charge on any atom is 0.306 e. The Morgan fingerprint density at radius 3 is 2.11 bits per heavy atom. The van der Waals surface area contributed by atoms with E-state index in [4.69, 9.17) is 4.74 Å². The first-order valence-electron chi connectivity index (χ1n) is 11.5. The highest BCUT2D eigenvalue weighted by molar-refractivity contribution is 5.98. The third-order valence-corrected chi connectivity index (χ3v) is 5.65. The molecule has 35 heavy (non-hydrogen) atoms. The van der Waals surface area contributed by atoms with Crippen molar-refractivity contribution in [1.82, 2.24) is 0 Å². The Balaban J connectivity index is 1.56. The number of rotatable bonds is 10. The van der Waals surface area contributed by atoms with Crippen molar-refractivity contribution in [3.05, 3.63) is 95.6 Å². The van der Waals surface area contributed by atoms with Crippen LogP contribution in [0.2, 0.25) is 0 Å². The van der Waals surface area contributed by atoms with Gasteiger partial charge in [-0.25, -0.2) is 0 Å². The topological polar surface area (TPSA) is 80.7 Å². The lowest BCUT2D eigenvalue weighted by Crippen LogP contribution is -2.18. The summed E-state index contributed by atoms with van der Waals surface area (Å²) in [5.74, 6) is 3.56. The van der Waals surface area contributed by atoms with Crippen LogP contribution in [0, 0.1) is 17.8 Å². The van der Waals surface area contributed by atoms with Crippen LogP contribution in [0.4, 0.5) is 0 Å². The van der Waals surface area contributed by atoms with Crippen molar-refractivity contribution >= 4 is 17.7 Å². The van der Waals surface area contributed by atoms with E-state index in [-0.39, 0.29) is 24.8 Å². The number of carboxylic acids is 1. The SMILES string of the molecule is CC(=O)OCC#Cc1ccc(-c2ccc(C(=O)CC(CCCc3ccccc3)C(=O)O)cc2)cc1. The zero-order chi connectivity index (χ0) is 25.0. The number of esters is 1. The molecule has 5 nitrogen and oxygen atoms in total. The van der Waals surface area contributed by atoms with Crippen LogP contribution in [0.25, 0.3) is 11.1 Å². The zero-order valence-electron chi connectivity index (χ0n) is 19.7. The number of carbonyl (C=O) groups excluding carboxylic acids is 2. The van der Waals surface area contributed by atoms with Gasteiger partial charge >= 0.3 is 11.9 Å². The molecule has 0 fully saturated rings. The van der Waals surface area contributed by atoms with Crippen molar-refractivity contribution in [1.29, 1.82) is 0 Å². The van der Waals surface area contributed by atoms with Gasteiger partial charge in [-0.15, -0.1) is 0 Å². The molecule has 0 heterocycles. The van der Waals surface area contributed by atoms with E-state index in [1.807, 2.05) is 66.7 Å². The molecule has 0 spiro atoms. The van der Waals surface area contributed by atoms with E-state index in [9.17, 15) is 19.5 Å². The Morgan fingerprint density at radius 2 is 1.51 bits per heavy atom. The first-order valence-corrected chi connectivity index (χ1v) is 11.5. The van der Waals surface area contributed by atoms with E-state index >= 15 is 0 Å². The first kappa shape index (κ1) is 25.5. The van der Waals surface area contributed by atoms with Gasteiger partial charge in [0.25, 0.3) is 0 Å². The number of ketones is 1. The predicted molar refractivity (Wildman–Crippen MR) is 135 cm³/mol. The van der Waals surface area contributed by atoms with Gasteiger partial charge in [-0.05, 0) is 48.1 Å². The predicted octanol–water partition coefficient (Wildman–Crippen LogP) is 5.56. The Hall–Kier alpha value is -4.17. The van der Waals surface area contributed by atoms with Gasteiger partial charge in [0.15, 0.2) is 12.4 Å². The van der Waals surface area contributed by atoms with Gasteiger partial charge in [0, 0.05) is 24.5 Å². The van der Waals surface area contributed by atoms with Crippen molar-refractivity contribution in [2.45, 2.75) is 32.6 Å². The summed E-state index contributed by atoms with van der Waals surface area (Å²) >= 11 is 0. The van der Waals surface area contributed by atoms with Gasteiger partial charge in [-0.2, -0.15) is 0 Å². The van der Waals surface area contributed by atoms with Crippen LogP contribution in [0.3, 0.4) is 0 Å². The fraction of sp³-hybridized carbons (Fsp3) is 0.233. The molecule has 178 valence electrons. The third-order valence-electron chi connectivity index (χ3n) is 5.65. The third kappa shape index (κ3) is 8.28. The summed E-state index contributed by atoms with van der Waals surface area (Å²) in [7, 11) is 0. The van der Waals surface area contributed by atoms with Gasteiger partial charge in [-0.1, -0.05) is 78.6 Å². The fourth-order valence-corrected chi connectivity index (χ4v) is 3.72. The van der Waals surface area contributed by atoms with Gasteiger partial charge in [0.2, 0.25) is 0 Å². The Bertz CT molecular complexity index is 1200. The molecule has 0 aliphatic rings. The van der Waals surface area contributed by atoms with E-state index in [0.29, 0.717) is 12.0 Å². The van der Waals surface area contributed by atoms with Crippen molar-refractivity contribution < 1.29 is 24.2 Å². The maximum atomic E-state index is 12.7. The van der Waals surface area contributed by atoms with Gasteiger partial charge < -0.3 is 9.84 Å². The number of benzene rings is 3. The molecule has 3 aromatic rings. The van der Waals surface area contributed by atoms with E-state index in [2.05, 4.69) is 11.8 Å². The first-order chi connectivity index (χ1) is 16.9. The highest BCUT2D eigenvalue weighted by atomic mass is 16.5. The lowest BCUT2D eigenvalue weighted by molar-refractivity contribution is -0.142. The monoisotopic (exact) mass is 468 g/mol. The minimum absolute atomic E-state index is 0.00974. The second-order valence-corrected chi connectivity index (χ2v) is 8.28. The molecular weight excluding hydrogens is 440 g/mol. The van der Waals surface area contributed by atoms with Crippen LogP contribution in [-0.4, -0.2) is 29.4 Å². The number of hydrogen-bond acceptors (Lipinski definition) is 4. The van der Waals surface area contributed by atoms with Crippen LogP contribution in [0.15, 0.2) is 78.9 Å². The van der Waals surface area contributed by atoms with E-state index in [0.717, 1.165) is 29.5 Å².